The Labute approximate surface area is 158 Å². The summed E-state index contributed by atoms with van der Waals surface area (Å²) in [7, 11) is 1.56. The van der Waals surface area contributed by atoms with E-state index in [2.05, 4.69) is 15.4 Å². The molecule has 3 aromatic rings. The lowest BCUT2D eigenvalue weighted by atomic mass is 10.3. The van der Waals surface area contributed by atoms with Gasteiger partial charge in [-0.3, -0.25) is 9.59 Å². The van der Waals surface area contributed by atoms with Gasteiger partial charge in [-0.2, -0.15) is 9.61 Å². The maximum atomic E-state index is 12.1. The van der Waals surface area contributed by atoms with Crippen molar-refractivity contribution in [3.63, 3.8) is 0 Å². The van der Waals surface area contributed by atoms with Crippen LogP contribution in [0.15, 0.2) is 35.1 Å². The first-order chi connectivity index (χ1) is 12.6. The lowest BCUT2D eigenvalue weighted by Crippen LogP contribution is -2.16. The number of aromatic nitrogens is 3. The monoisotopic (exact) mass is 390 g/mol. The van der Waals surface area contributed by atoms with Crippen molar-refractivity contribution in [1.29, 1.82) is 0 Å². The van der Waals surface area contributed by atoms with Gasteiger partial charge in [0.05, 0.1) is 24.2 Å². The van der Waals surface area contributed by atoms with E-state index in [0.717, 1.165) is 11.4 Å². The maximum Gasteiger partial charge on any atom is 0.275 e. The van der Waals surface area contributed by atoms with Gasteiger partial charge in [0, 0.05) is 11.8 Å². The largest absolute Gasteiger partial charge is 0.495 e. The van der Waals surface area contributed by atoms with Crippen molar-refractivity contribution in [3.05, 3.63) is 51.4 Å². The van der Waals surface area contributed by atoms with E-state index >= 15 is 0 Å². The number of hydrogen-bond donors (Lipinski definition) is 1. The number of thioether (sulfide) groups is 1. The third-order valence-electron chi connectivity index (χ3n) is 3.51. The van der Waals surface area contributed by atoms with Gasteiger partial charge in [-0.15, -0.1) is 11.8 Å². The highest BCUT2D eigenvalue weighted by atomic mass is 32.2. The van der Waals surface area contributed by atoms with Crippen LogP contribution < -0.4 is 15.6 Å². The number of carbonyl (C=O) groups is 1. The molecule has 0 radical (unpaired) electrons. The van der Waals surface area contributed by atoms with Crippen LogP contribution in [0.3, 0.4) is 0 Å². The molecule has 1 amide bonds. The van der Waals surface area contributed by atoms with Crippen LogP contribution in [0.1, 0.15) is 17.6 Å². The van der Waals surface area contributed by atoms with Crippen LogP contribution in [0, 0.1) is 0 Å². The minimum absolute atomic E-state index is 0.136. The van der Waals surface area contributed by atoms with Gasteiger partial charge < -0.3 is 10.1 Å². The zero-order chi connectivity index (χ0) is 18.5. The van der Waals surface area contributed by atoms with Crippen molar-refractivity contribution >= 4 is 39.7 Å². The van der Waals surface area contributed by atoms with Crippen molar-refractivity contribution in [1.82, 2.24) is 14.6 Å². The van der Waals surface area contributed by atoms with Gasteiger partial charge >= 0.3 is 0 Å². The van der Waals surface area contributed by atoms with Gasteiger partial charge in [-0.05, 0) is 18.6 Å². The predicted molar refractivity (Wildman–Crippen MR) is 104 cm³/mol. The fourth-order valence-electron chi connectivity index (χ4n) is 2.30. The summed E-state index contributed by atoms with van der Waals surface area (Å²) in [6.45, 7) is 1.99. The summed E-state index contributed by atoms with van der Waals surface area (Å²) >= 11 is 2.81. The molecule has 1 N–H and O–H groups in total. The first-order valence-electron chi connectivity index (χ1n) is 8.00. The SMILES string of the molecule is CCc1nn2c(=O)cc(CSCC(=O)Nc3ccccc3OC)nc2s1. The molecule has 0 fully saturated rings. The Morgan fingerprint density at radius 2 is 2.19 bits per heavy atom. The first kappa shape index (κ1) is 18.4. The molecular formula is C17H18N4O3S2. The van der Waals surface area contributed by atoms with E-state index in [1.165, 1.54) is 33.7 Å². The zero-order valence-corrected chi connectivity index (χ0v) is 16.0. The Kier molecular flexibility index (Phi) is 5.89. The van der Waals surface area contributed by atoms with Crippen LogP contribution in [0.4, 0.5) is 5.69 Å². The average Bonchev–Trinajstić information content (AvgIpc) is 3.06. The summed E-state index contributed by atoms with van der Waals surface area (Å²) in [5.74, 6) is 1.21. The molecule has 3 rings (SSSR count). The number of benzene rings is 1. The highest BCUT2D eigenvalue weighted by Gasteiger charge is 2.10. The summed E-state index contributed by atoms with van der Waals surface area (Å²) in [5, 5.41) is 7.91. The van der Waals surface area contributed by atoms with E-state index in [1.807, 2.05) is 19.1 Å². The van der Waals surface area contributed by atoms with Crippen LogP contribution in [-0.4, -0.2) is 33.4 Å². The molecule has 0 aliphatic carbocycles. The summed E-state index contributed by atoms with van der Waals surface area (Å²) in [6, 6.07) is 8.71. The molecule has 0 saturated heterocycles. The molecule has 2 aromatic heterocycles. The molecule has 0 atom stereocenters. The Bertz CT molecular complexity index is 984. The summed E-state index contributed by atoms with van der Waals surface area (Å²) < 4.78 is 6.54. The van der Waals surface area contributed by atoms with Gasteiger partial charge in [-0.1, -0.05) is 30.4 Å². The standard InChI is InChI=1S/C17H18N4O3S2/c1-3-15-20-21-16(23)8-11(18-17(21)26-15)9-25-10-14(22)19-12-6-4-5-7-13(12)24-2/h4-8H,3,9-10H2,1-2H3,(H,19,22). The summed E-state index contributed by atoms with van der Waals surface area (Å²) in [4.78, 5) is 29.3. The van der Waals surface area contributed by atoms with Crippen molar-refractivity contribution < 1.29 is 9.53 Å². The van der Waals surface area contributed by atoms with Crippen LogP contribution >= 0.6 is 23.1 Å². The molecule has 7 nitrogen and oxygen atoms in total. The molecule has 1 aromatic carbocycles. The minimum Gasteiger partial charge on any atom is -0.495 e. The quantitative estimate of drug-likeness (QED) is 0.667. The minimum atomic E-state index is -0.194. The Morgan fingerprint density at radius 3 is 2.96 bits per heavy atom. The third kappa shape index (κ3) is 4.23. The number of methoxy groups -OCH3 is 1. The third-order valence-corrected chi connectivity index (χ3v) is 5.53. The second-order valence-corrected chi connectivity index (χ2v) is 7.40. The van der Waals surface area contributed by atoms with E-state index < -0.39 is 0 Å². The van der Waals surface area contributed by atoms with Crippen LogP contribution in [0.5, 0.6) is 5.75 Å². The normalized spacial score (nSPS) is 10.8. The molecule has 0 aliphatic heterocycles. The molecule has 9 heteroatoms. The molecule has 0 spiro atoms. The number of aryl methyl sites for hydroxylation is 1. The van der Waals surface area contributed by atoms with Gasteiger partial charge in [0.2, 0.25) is 10.9 Å². The van der Waals surface area contributed by atoms with Crippen molar-refractivity contribution in [3.8, 4) is 5.75 Å². The van der Waals surface area contributed by atoms with Gasteiger partial charge in [-0.25, -0.2) is 4.98 Å². The Morgan fingerprint density at radius 1 is 1.38 bits per heavy atom. The number of para-hydroxylation sites is 2. The second kappa shape index (κ2) is 8.33. The van der Waals surface area contributed by atoms with Crippen molar-refractivity contribution in [2.24, 2.45) is 0 Å². The predicted octanol–water partition coefficient (Wildman–Crippen LogP) is 2.59. The van der Waals surface area contributed by atoms with Crippen molar-refractivity contribution in [2.45, 2.75) is 19.1 Å². The number of hydrogen-bond acceptors (Lipinski definition) is 7. The average molecular weight is 390 g/mol. The van der Waals surface area contributed by atoms with Gasteiger partial charge in [0.25, 0.3) is 5.56 Å². The molecule has 0 unspecified atom stereocenters. The summed E-state index contributed by atoms with van der Waals surface area (Å²) in [6.07, 6.45) is 0.765. The number of fused-ring (bicyclic) bond motifs is 1. The molecule has 26 heavy (non-hydrogen) atoms. The lowest BCUT2D eigenvalue weighted by Gasteiger charge is -2.09. The number of rotatable bonds is 7. The van der Waals surface area contributed by atoms with E-state index in [-0.39, 0.29) is 17.2 Å². The van der Waals surface area contributed by atoms with Crippen molar-refractivity contribution in [2.75, 3.05) is 18.2 Å². The smallest absolute Gasteiger partial charge is 0.275 e. The molecule has 0 saturated carbocycles. The number of carbonyl (C=O) groups excluding carboxylic acids is 1. The summed E-state index contributed by atoms with van der Waals surface area (Å²) in [5.41, 5.74) is 1.09. The highest BCUT2D eigenvalue weighted by Crippen LogP contribution is 2.23. The highest BCUT2D eigenvalue weighted by molar-refractivity contribution is 7.99. The molecule has 0 aliphatic rings. The fraction of sp³-hybridized carbons (Fsp3) is 0.294. The van der Waals surface area contributed by atoms with E-state index in [9.17, 15) is 9.59 Å². The Hall–Kier alpha value is -2.39. The van der Waals surface area contributed by atoms with Crippen LogP contribution in [-0.2, 0) is 17.0 Å². The topological polar surface area (TPSA) is 85.6 Å². The van der Waals surface area contributed by atoms with E-state index in [4.69, 9.17) is 4.74 Å². The van der Waals surface area contributed by atoms with Crippen LogP contribution in [0.2, 0.25) is 0 Å². The Balaban J connectivity index is 1.60. The number of amides is 1. The molecular weight excluding hydrogens is 372 g/mol. The molecule has 136 valence electrons. The number of nitrogens with zero attached hydrogens (tertiary/aromatic N) is 3. The second-order valence-electron chi connectivity index (χ2n) is 5.37. The van der Waals surface area contributed by atoms with Gasteiger partial charge in [0.15, 0.2) is 0 Å². The van der Waals surface area contributed by atoms with E-state index in [0.29, 0.717) is 27.8 Å². The number of anilines is 1. The zero-order valence-electron chi connectivity index (χ0n) is 14.4. The number of nitrogens with one attached hydrogen (secondary N) is 1. The number of ether oxygens (including phenoxy) is 1. The van der Waals surface area contributed by atoms with Gasteiger partial charge in [0.1, 0.15) is 10.8 Å². The first-order valence-corrected chi connectivity index (χ1v) is 9.97. The van der Waals surface area contributed by atoms with E-state index in [1.54, 1.807) is 19.2 Å². The fourth-order valence-corrected chi connectivity index (χ4v) is 3.87. The lowest BCUT2D eigenvalue weighted by molar-refractivity contribution is -0.113. The maximum absolute atomic E-state index is 12.1. The molecule has 0 bridgehead atoms. The van der Waals surface area contributed by atoms with Crippen LogP contribution in [0.25, 0.3) is 4.96 Å². The molecule has 2 heterocycles.